The number of benzene rings is 1. The lowest BCUT2D eigenvalue weighted by atomic mass is 10.2. The maximum atomic E-state index is 12.8. The van der Waals surface area contributed by atoms with Crippen LogP contribution in [-0.2, 0) is 16.2 Å². The standard InChI is InChI=1S/C14H19ClF3NO3S/c1-2-3-4-7-19(8-9-20)23(21,22)13-10-11(14(16,17)18)5-6-12(13)15/h5-6,10,20H,2-4,7-9H2,1H3. The Kier molecular flexibility index (Phi) is 7.31. The summed E-state index contributed by atoms with van der Waals surface area (Å²) in [5.41, 5.74) is -1.09. The summed E-state index contributed by atoms with van der Waals surface area (Å²) in [5.74, 6) is 0. The van der Waals surface area contributed by atoms with Crippen LogP contribution < -0.4 is 0 Å². The predicted molar refractivity (Wildman–Crippen MR) is 81.8 cm³/mol. The molecule has 0 aliphatic rings. The van der Waals surface area contributed by atoms with Gasteiger partial charge in [-0.05, 0) is 24.6 Å². The van der Waals surface area contributed by atoms with Crippen LogP contribution in [0.2, 0.25) is 5.02 Å². The summed E-state index contributed by atoms with van der Waals surface area (Å²) in [4.78, 5) is -0.598. The number of aliphatic hydroxyl groups excluding tert-OH is 1. The molecule has 0 heterocycles. The van der Waals surface area contributed by atoms with Crippen molar-refractivity contribution in [3.8, 4) is 0 Å². The lowest BCUT2D eigenvalue weighted by Crippen LogP contribution is -2.34. The fourth-order valence-corrected chi connectivity index (χ4v) is 3.99. The minimum atomic E-state index is -4.67. The van der Waals surface area contributed by atoms with Crippen molar-refractivity contribution in [1.29, 1.82) is 0 Å². The van der Waals surface area contributed by atoms with Gasteiger partial charge in [0, 0.05) is 13.1 Å². The van der Waals surface area contributed by atoms with Gasteiger partial charge in [-0.25, -0.2) is 8.42 Å². The van der Waals surface area contributed by atoms with Gasteiger partial charge in [0.2, 0.25) is 10.0 Å². The molecule has 132 valence electrons. The number of rotatable bonds is 8. The maximum Gasteiger partial charge on any atom is 0.416 e. The largest absolute Gasteiger partial charge is 0.416 e. The van der Waals surface area contributed by atoms with Crippen LogP contribution in [0.15, 0.2) is 23.1 Å². The topological polar surface area (TPSA) is 57.6 Å². The molecule has 9 heteroatoms. The number of hydrogen-bond donors (Lipinski definition) is 1. The van der Waals surface area contributed by atoms with Gasteiger partial charge < -0.3 is 5.11 Å². The molecule has 0 aromatic heterocycles. The Bertz CT molecular complexity index is 620. The third-order valence-corrected chi connectivity index (χ3v) is 5.62. The average molecular weight is 374 g/mol. The van der Waals surface area contributed by atoms with Crippen molar-refractivity contribution >= 4 is 21.6 Å². The molecule has 1 aromatic rings. The molecule has 23 heavy (non-hydrogen) atoms. The number of aliphatic hydroxyl groups is 1. The Morgan fingerprint density at radius 2 is 1.87 bits per heavy atom. The molecular formula is C14H19ClF3NO3S. The zero-order valence-corrected chi connectivity index (χ0v) is 14.2. The molecule has 0 bridgehead atoms. The van der Waals surface area contributed by atoms with Gasteiger partial charge in [0.1, 0.15) is 4.90 Å². The first-order valence-corrected chi connectivity index (χ1v) is 8.94. The van der Waals surface area contributed by atoms with Crippen molar-refractivity contribution in [1.82, 2.24) is 4.31 Å². The SMILES string of the molecule is CCCCCN(CCO)S(=O)(=O)c1cc(C(F)(F)F)ccc1Cl. The van der Waals surface area contributed by atoms with Gasteiger partial charge in [-0.2, -0.15) is 17.5 Å². The van der Waals surface area contributed by atoms with E-state index in [0.29, 0.717) is 12.5 Å². The highest BCUT2D eigenvalue weighted by Gasteiger charge is 2.34. The summed E-state index contributed by atoms with van der Waals surface area (Å²) in [6.45, 7) is 1.43. The van der Waals surface area contributed by atoms with E-state index < -0.39 is 33.3 Å². The normalized spacial score (nSPS) is 12.8. The molecule has 0 saturated heterocycles. The molecule has 1 N–H and O–H groups in total. The predicted octanol–water partition coefficient (Wildman–Crippen LogP) is 3.53. The van der Waals surface area contributed by atoms with E-state index in [2.05, 4.69) is 0 Å². The van der Waals surface area contributed by atoms with E-state index >= 15 is 0 Å². The molecule has 0 fully saturated rings. The van der Waals surface area contributed by atoms with Crippen LogP contribution in [0.5, 0.6) is 0 Å². The Hall–Kier alpha value is -0.830. The van der Waals surface area contributed by atoms with Crippen LogP contribution in [0.1, 0.15) is 31.7 Å². The zero-order chi connectivity index (χ0) is 17.7. The van der Waals surface area contributed by atoms with Crippen molar-refractivity contribution in [2.24, 2.45) is 0 Å². The molecule has 4 nitrogen and oxygen atoms in total. The fourth-order valence-electron chi connectivity index (χ4n) is 2.02. The Morgan fingerprint density at radius 3 is 2.39 bits per heavy atom. The number of halogens is 4. The summed E-state index contributed by atoms with van der Waals surface area (Å²) in [6, 6.07) is 2.18. The van der Waals surface area contributed by atoms with E-state index in [0.717, 1.165) is 29.3 Å². The molecule has 1 rings (SSSR count). The van der Waals surface area contributed by atoms with Crippen LogP contribution in [0, 0.1) is 0 Å². The second kappa shape index (κ2) is 8.32. The Balaban J connectivity index is 3.22. The second-order valence-electron chi connectivity index (χ2n) is 4.98. The van der Waals surface area contributed by atoms with E-state index in [-0.39, 0.29) is 18.1 Å². The van der Waals surface area contributed by atoms with Gasteiger partial charge >= 0.3 is 6.18 Å². The lowest BCUT2D eigenvalue weighted by molar-refractivity contribution is -0.137. The van der Waals surface area contributed by atoms with Crippen molar-refractivity contribution in [2.45, 2.75) is 37.3 Å². The van der Waals surface area contributed by atoms with Crippen LogP contribution in [0.4, 0.5) is 13.2 Å². The molecule has 0 atom stereocenters. The third-order valence-electron chi connectivity index (χ3n) is 3.24. The molecule has 0 aliphatic heterocycles. The van der Waals surface area contributed by atoms with Gasteiger partial charge in [-0.1, -0.05) is 31.4 Å². The number of alkyl halides is 3. The van der Waals surface area contributed by atoms with Gasteiger partial charge in [0.05, 0.1) is 17.2 Å². The van der Waals surface area contributed by atoms with Crippen LogP contribution in [0.3, 0.4) is 0 Å². The molecule has 0 saturated carbocycles. The molecule has 1 aromatic carbocycles. The zero-order valence-electron chi connectivity index (χ0n) is 12.6. The number of unbranched alkanes of at least 4 members (excludes halogenated alkanes) is 2. The summed E-state index contributed by atoms with van der Waals surface area (Å²) in [5, 5.41) is 8.76. The summed E-state index contributed by atoms with van der Waals surface area (Å²) >= 11 is 5.80. The van der Waals surface area contributed by atoms with Gasteiger partial charge in [0.15, 0.2) is 0 Å². The van der Waals surface area contributed by atoms with Crippen molar-refractivity contribution < 1.29 is 26.7 Å². The van der Waals surface area contributed by atoms with Crippen molar-refractivity contribution in [3.63, 3.8) is 0 Å². The monoisotopic (exact) mass is 373 g/mol. The highest BCUT2D eigenvalue weighted by molar-refractivity contribution is 7.89. The second-order valence-corrected chi connectivity index (χ2v) is 7.29. The van der Waals surface area contributed by atoms with E-state index in [1.165, 1.54) is 0 Å². The quantitative estimate of drug-likeness (QED) is 0.709. The third kappa shape index (κ3) is 5.34. The van der Waals surface area contributed by atoms with E-state index in [1.54, 1.807) is 0 Å². The van der Waals surface area contributed by atoms with E-state index in [4.69, 9.17) is 16.7 Å². The average Bonchev–Trinajstić information content (AvgIpc) is 2.45. The Morgan fingerprint density at radius 1 is 1.22 bits per heavy atom. The number of hydrogen-bond acceptors (Lipinski definition) is 3. The first-order chi connectivity index (χ1) is 10.6. The summed E-state index contributed by atoms with van der Waals surface area (Å²) in [6.07, 6.45) is -2.49. The smallest absolute Gasteiger partial charge is 0.395 e. The highest BCUT2D eigenvalue weighted by atomic mass is 35.5. The van der Waals surface area contributed by atoms with Gasteiger partial charge in [-0.3, -0.25) is 0 Å². The Labute approximate surface area is 138 Å². The van der Waals surface area contributed by atoms with Crippen LogP contribution in [0.25, 0.3) is 0 Å². The molecule has 0 radical (unpaired) electrons. The van der Waals surface area contributed by atoms with E-state index in [9.17, 15) is 21.6 Å². The fraction of sp³-hybridized carbons (Fsp3) is 0.571. The van der Waals surface area contributed by atoms with Crippen LogP contribution >= 0.6 is 11.6 Å². The van der Waals surface area contributed by atoms with Crippen LogP contribution in [-0.4, -0.2) is 37.5 Å². The van der Waals surface area contributed by atoms with Crippen molar-refractivity contribution in [2.75, 3.05) is 19.7 Å². The maximum absolute atomic E-state index is 12.8. The molecule has 0 spiro atoms. The molecule has 0 unspecified atom stereocenters. The minimum absolute atomic E-state index is 0.114. The molecule has 0 amide bonds. The molecular weight excluding hydrogens is 355 g/mol. The lowest BCUT2D eigenvalue weighted by Gasteiger charge is -2.22. The number of sulfonamides is 1. The summed E-state index contributed by atoms with van der Waals surface area (Å²) < 4.78 is 64.5. The first kappa shape index (κ1) is 20.2. The molecule has 0 aliphatic carbocycles. The minimum Gasteiger partial charge on any atom is -0.395 e. The first-order valence-electron chi connectivity index (χ1n) is 7.12. The highest BCUT2D eigenvalue weighted by Crippen LogP contribution is 2.34. The van der Waals surface area contributed by atoms with Gasteiger partial charge in [0.25, 0.3) is 0 Å². The van der Waals surface area contributed by atoms with Crippen molar-refractivity contribution in [3.05, 3.63) is 28.8 Å². The number of nitrogens with zero attached hydrogens (tertiary/aromatic N) is 1. The summed E-state index contributed by atoms with van der Waals surface area (Å²) in [7, 11) is -4.22. The van der Waals surface area contributed by atoms with E-state index in [1.807, 2.05) is 6.92 Å². The van der Waals surface area contributed by atoms with Gasteiger partial charge in [-0.15, -0.1) is 0 Å².